The summed E-state index contributed by atoms with van der Waals surface area (Å²) >= 11 is 0. The minimum Gasteiger partial charge on any atom is -0.491 e. The molecule has 0 radical (unpaired) electrons. The maximum atomic E-state index is 13.1. The van der Waals surface area contributed by atoms with Crippen LogP contribution in [0.4, 0.5) is 13.2 Å². The third-order valence-corrected chi connectivity index (χ3v) is 2.84. The van der Waals surface area contributed by atoms with Crippen LogP contribution in [0.15, 0.2) is 18.2 Å². The minimum atomic E-state index is -4.50. The molecule has 0 bridgehead atoms. The number of carbonyl (C=O) groups excluding carboxylic acids is 1. The van der Waals surface area contributed by atoms with E-state index in [0.717, 1.165) is 6.07 Å². The van der Waals surface area contributed by atoms with E-state index in [1.807, 2.05) is 0 Å². The number of rotatable bonds is 7. The van der Waals surface area contributed by atoms with Crippen molar-refractivity contribution in [3.8, 4) is 5.75 Å². The van der Waals surface area contributed by atoms with Gasteiger partial charge in [0.25, 0.3) is 0 Å². The lowest BCUT2D eigenvalue weighted by Gasteiger charge is -2.17. The fourth-order valence-corrected chi connectivity index (χ4v) is 1.84. The lowest BCUT2D eigenvalue weighted by atomic mass is 10.1. The van der Waals surface area contributed by atoms with Crippen LogP contribution in [0.25, 0.3) is 0 Å². The molecule has 0 aliphatic rings. The summed E-state index contributed by atoms with van der Waals surface area (Å²) in [6.45, 7) is 3.78. The normalized spacial score (nSPS) is 11.1. The van der Waals surface area contributed by atoms with Crippen molar-refractivity contribution in [1.82, 2.24) is 10.6 Å². The maximum absolute atomic E-state index is 13.1. The van der Waals surface area contributed by atoms with Gasteiger partial charge in [-0.2, -0.15) is 13.2 Å². The zero-order chi connectivity index (χ0) is 16.8. The van der Waals surface area contributed by atoms with Crippen LogP contribution in [0.2, 0.25) is 0 Å². The molecule has 23 heavy (non-hydrogen) atoms. The summed E-state index contributed by atoms with van der Waals surface area (Å²) in [5.74, 6) is -0.141. The first-order chi connectivity index (χ1) is 10.2. The van der Waals surface area contributed by atoms with Crippen molar-refractivity contribution in [1.29, 1.82) is 0 Å². The molecule has 4 nitrogen and oxygen atoms in total. The minimum absolute atomic E-state index is 0. The molecule has 0 saturated heterocycles. The van der Waals surface area contributed by atoms with Gasteiger partial charge in [0, 0.05) is 19.5 Å². The number of benzene rings is 1. The van der Waals surface area contributed by atoms with Crippen molar-refractivity contribution in [2.75, 3.05) is 13.6 Å². The fourth-order valence-electron chi connectivity index (χ4n) is 1.84. The zero-order valence-corrected chi connectivity index (χ0v) is 14.1. The average Bonchev–Trinajstić information content (AvgIpc) is 2.42. The van der Waals surface area contributed by atoms with Gasteiger partial charge in [-0.1, -0.05) is 6.07 Å². The predicted octanol–water partition coefficient (Wildman–Crippen LogP) is 3.14. The molecule has 1 aromatic carbocycles. The van der Waals surface area contributed by atoms with Crippen molar-refractivity contribution in [3.05, 3.63) is 29.3 Å². The monoisotopic (exact) mass is 354 g/mol. The Morgan fingerprint density at radius 1 is 1.30 bits per heavy atom. The number of ether oxygens (including phenoxy) is 1. The quantitative estimate of drug-likeness (QED) is 0.791. The van der Waals surface area contributed by atoms with Crippen LogP contribution in [0.5, 0.6) is 5.75 Å². The van der Waals surface area contributed by atoms with Crippen molar-refractivity contribution >= 4 is 18.3 Å². The van der Waals surface area contributed by atoms with E-state index < -0.39 is 11.7 Å². The first-order valence-electron chi connectivity index (χ1n) is 7.02. The molecule has 1 amide bonds. The highest BCUT2D eigenvalue weighted by Gasteiger charge is 2.33. The fraction of sp³-hybridized carbons (Fsp3) is 0.533. The van der Waals surface area contributed by atoms with E-state index in [-0.39, 0.29) is 48.7 Å². The highest BCUT2D eigenvalue weighted by molar-refractivity contribution is 5.85. The van der Waals surface area contributed by atoms with Crippen LogP contribution in [-0.4, -0.2) is 25.6 Å². The van der Waals surface area contributed by atoms with Gasteiger partial charge in [-0.05, 0) is 38.6 Å². The summed E-state index contributed by atoms with van der Waals surface area (Å²) in [5, 5.41) is 5.29. The zero-order valence-electron chi connectivity index (χ0n) is 13.3. The molecule has 1 rings (SSSR count). The van der Waals surface area contributed by atoms with Gasteiger partial charge in [-0.15, -0.1) is 12.4 Å². The van der Waals surface area contributed by atoms with Crippen molar-refractivity contribution in [2.45, 2.75) is 39.1 Å². The Balaban J connectivity index is 0.00000484. The Morgan fingerprint density at radius 2 is 1.96 bits per heavy atom. The van der Waals surface area contributed by atoms with E-state index in [2.05, 4.69) is 10.6 Å². The van der Waals surface area contributed by atoms with Crippen LogP contribution in [-0.2, 0) is 17.5 Å². The third kappa shape index (κ3) is 7.56. The Labute approximate surface area is 140 Å². The van der Waals surface area contributed by atoms with E-state index in [4.69, 9.17) is 4.74 Å². The Bertz CT molecular complexity index is 508. The number of halogens is 4. The topological polar surface area (TPSA) is 50.4 Å². The average molecular weight is 355 g/mol. The van der Waals surface area contributed by atoms with Crippen molar-refractivity contribution in [2.24, 2.45) is 0 Å². The maximum Gasteiger partial charge on any atom is 0.416 e. The molecule has 2 N–H and O–H groups in total. The first-order valence-corrected chi connectivity index (χ1v) is 7.02. The van der Waals surface area contributed by atoms with Gasteiger partial charge in [0.15, 0.2) is 0 Å². The van der Waals surface area contributed by atoms with Gasteiger partial charge in [0.1, 0.15) is 5.75 Å². The number of hydrogen-bond acceptors (Lipinski definition) is 3. The second-order valence-corrected chi connectivity index (χ2v) is 5.11. The van der Waals surface area contributed by atoms with E-state index in [1.54, 1.807) is 20.9 Å². The van der Waals surface area contributed by atoms with Crippen LogP contribution in [0.1, 0.15) is 31.4 Å². The molecule has 0 fully saturated rings. The largest absolute Gasteiger partial charge is 0.491 e. The summed E-state index contributed by atoms with van der Waals surface area (Å²) in [7, 11) is 1.70. The number of carbonyl (C=O) groups is 1. The smallest absolute Gasteiger partial charge is 0.416 e. The Kier molecular flexibility index (Phi) is 9.01. The molecular weight excluding hydrogens is 333 g/mol. The van der Waals surface area contributed by atoms with E-state index in [9.17, 15) is 18.0 Å². The summed E-state index contributed by atoms with van der Waals surface area (Å²) in [6, 6.07) is 3.78. The van der Waals surface area contributed by atoms with Crippen LogP contribution in [0.3, 0.4) is 0 Å². The molecule has 0 unspecified atom stereocenters. The summed E-state index contributed by atoms with van der Waals surface area (Å²) < 4.78 is 44.6. The lowest BCUT2D eigenvalue weighted by Crippen LogP contribution is -2.27. The molecule has 8 heteroatoms. The highest BCUT2D eigenvalue weighted by atomic mass is 35.5. The summed E-state index contributed by atoms with van der Waals surface area (Å²) in [4.78, 5) is 11.5. The van der Waals surface area contributed by atoms with Gasteiger partial charge in [-0.3, -0.25) is 4.79 Å². The third-order valence-electron chi connectivity index (χ3n) is 2.84. The van der Waals surface area contributed by atoms with Gasteiger partial charge < -0.3 is 15.4 Å². The van der Waals surface area contributed by atoms with E-state index in [0.29, 0.717) is 6.54 Å². The van der Waals surface area contributed by atoms with Gasteiger partial charge in [0.2, 0.25) is 5.91 Å². The molecule has 0 spiro atoms. The van der Waals surface area contributed by atoms with Gasteiger partial charge >= 0.3 is 6.18 Å². The van der Waals surface area contributed by atoms with Gasteiger partial charge in [-0.25, -0.2) is 0 Å². The second-order valence-electron chi connectivity index (χ2n) is 5.11. The molecule has 0 aromatic heterocycles. The summed E-state index contributed by atoms with van der Waals surface area (Å²) in [5.41, 5.74) is -0.777. The van der Waals surface area contributed by atoms with Crippen molar-refractivity contribution in [3.63, 3.8) is 0 Å². The molecule has 132 valence electrons. The SMILES string of the molecule is CNCCC(=O)NCc1ccc(OC(C)C)cc1C(F)(F)F.Cl. The van der Waals surface area contributed by atoms with Crippen LogP contribution >= 0.6 is 12.4 Å². The van der Waals surface area contributed by atoms with Crippen LogP contribution in [0, 0.1) is 0 Å². The van der Waals surface area contributed by atoms with Crippen LogP contribution < -0.4 is 15.4 Å². The summed E-state index contributed by atoms with van der Waals surface area (Å²) in [6.07, 6.45) is -4.50. The van der Waals surface area contributed by atoms with E-state index >= 15 is 0 Å². The number of hydrogen-bond donors (Lipinski definition) is 2. The molecule has 1 aromatic rings. The number of amides is 1. The standard InChI is InChI=1S/C15H21F3N2O2.ClH/c1-10(2)22-12-5-4-11(13(8-12)15(16,17)18)9-20-14(21)6-7-19-3;/h4-5,8,10,19H,6-7,9H2,1-3H3,(H,20,21);1H. The van der Waals surface area contributed by atoms with Crippen molar-refractivity contribution < 1.29 is 22.7 Å². The molecule has 0 atom stereocenters. The Hall–Kier alpha value is -1.47. The number of alkyl halides is 3. The highest BCUT2D eigenvalue weighted by Crippen LogP contribution is 2.34. The molecule has 0 aliphatic heterocycles. The van der Waals surface area contributed by atoms with E-state index in [1.165, 1.54) is 12.1 Å². The lowest BCUT2D eigenvalue weighted by molar-refractivity contribution is -0.138. The first kappa shape index (κ1) is 21.5. The molecule has 0 aliphatic carbocycles. The molecule has 0 saturated carbocycles. The second kappa shape index (κ2) is 9.62. The molecular formula is C15H22ClF3N2O2. The predicted molar refractivity (Wildman–Crippen MR) is 84.8 cm³/mol. The molecule has 0 heterocycles. The number of nitrogens with one attached hydrogen (secondary N) is 2. The van der Waals surface area contributed by atoms with Gasteiger partial charge in [0.05, 0.1) is 11.7 Å². The Morgan fingerprint density at radius 3 is 2.48 bits per heavy atom.